The summed E-state index contributed by atoms with van der Waals surface area (Å²) >= 11 is 0. The van der Waals surface area contributed by atoms with Crippen molar-refractivity contribution in [1.82, 2.24) is 5.32 Å². The molecule has 1 aromatic rings. The zero-order valence-electron chi connectivity index (χ0n) is 12.3. The molecule has 0 bridgehead atoms. The van der Waals surface area contributed by atoms with Crippen molar-refractivity contribution < 1.29 is 0 Å². The predicted molar refractivity (Wildman–Crippen MR) is 78.8 cm³/mol. The SMILES string of the molecule is CCNC(c1ccc(C)cc1C)C1CCC(C)C1. The van der Waals surface area contributed by atoms with Crippen LogP contribution in [0.3, 0.4) is 0 Å². The maximum Gasteiger partial charge on any atom is 0.0351 e. The second-order valence-electron chi connectivity index (χ2n) is 6.07. The summed E-state index contributed by atoms with van der Waals surface area (Å²) in [7, 11) is 0. The Hall–Kier alpha value is -0.820. The molecule has 1 heteroatoms. The van der Waals surface area contributed by atoms with Gasteiger partial charge >= 0.3 is 0 Å². The molecule has 1 aromatic carbocycles. The van der Waals surface area contributed by atoms with E-state index in [1.165, 1.54) is 36.0 Å². The van der Waals surface area contributed by atoms with E-state index in [2.05, 4.69) is 51.2 Å². The summed E-state index contributed by atoms with van der Waals surface area (Å²) in [5.41, 5.74) is 4.33. The molecule has 0 heterocycles. The molecular formula is C17H27N. The Balaban J connectivity index is 2.23. The van der Waals surface area contributed by atoms with Crippen LogP contribution in [0.4, 0.5) is 0 Å². The molecule has 0 radical (unpaired) electrons. The average molecular weight is 245 g/mol. The summed E-state index contributed by atoms with van der Waals surface area (Å²) in [5, 5.41) is 3.72. The summed E-state index contributed by atoms with van der Waals surface area (Å²) in [4.78, 5) is 0. The van der Waals surface area contributed by atoms with E-state index in [1.54, 1.807) is 0 Å². The van der Waals surface area contributed by atoms with Crippen LogP contribution in [-0.4, -0.2) is 6.54 Å². The van der Waals surface area contributed by atoms with Crippen molar-refractivity contribution in [2.75, 3.05) is 6.54 Å². The molecule has 1 aliphatic rings. The van der Waals surface area contributed by atoms with Gasteiger partial charge in [-0.05, 0) is 56.2 Å². The molecule has 1 N–H and O–H groups in total. The van der Waals surface area contributed by atoms with Crippen LogP contribution in [0, 0.1) is 25.7 Å². The fraction of sp³-hybridized carbons (Fsp3) is 0.647. The van der Waals surface area contributed by atoms with Crippen LogP contribution in [0.2, 0.25) is 0 Å². The van der Waals surface area contributed by atoms with Crippen LogP contribution in [0.15, 0.2) is 18.2 Å². The van der Waals surface area contributed by atoms with Gasteiger partial charge in [-0.3, -0.25) is 0 Å². The van der Waals surface area contributed by atoms with Crippen LogP contribution < -0.4 is 5.32 Å². The molecule has 1 saturated carbocycles. The summed E-state index contributed by atoms with van der Waals surface area (Å²) < 4.78 is 0. The molecule has 0 amide bonds. The van der Waals surface area contributed by atoms with Gasteiger partial charge in [0.05, 0.1) is 0 Å². The lowest BCUT2D eigenvalue weighted by atomic mass is 9.88. The number of rotatable bonds is 4. The number of hydrogen-bond acceptors (Lipinski definition) is 1. The van der Waals surface area contributed by atoms with Crippen molar-refractivity contribution in [3.63, 3.8) is 0 Å². The number of hydrogen-bond donors (Lipinski definition) is 1. The largest absolute Gasteiger partial charge is 0.310 e. The van der Waals surface area contributed by atoms with Crippen LogP contribution in [0.5, 0.6) is 0 Å². The molecule has 1 nitrogen and oxygen atoms in total. The van der Waals surface area contributed by atoms with Gasteiger partial charge in [-0.2, -0.15) is 0 Å². The average Bonchev–Trinajstić information content (AvgIpc) is 2.73. The number of benzene rings is 1. The van der Waals surface area contributed by atoms with E-state index in [0.717, 1.165) is 18.4 Å². The smallest absolute Gasteiger partial charge is 0.0351 e. The first-order chi connectivity index (χ1) is 8.61. The van der Waals surface area contributed by atoms with Crippen LogP contribution in [-0.2, 0) is 0 Å². The van der Waals surface area contributed by atoms with E-state index in [9.17, 15) is 0 Å². The summed E-state index contributed by atoms with van der Waals surface area (Å²) in [6, 6.07) is 7.46. The first-order valence-corrected chi connectivity index (χ1v) is 7.42. The molecule has 0 aromatic heterocycles. The number of nitrogens with one attached hydrogen (secondary N) is 1. The Morgan fingerprint density at radius 2 is 2.06 bits per heavy atom. The third-order valence-electron chi connectivity index (χ3n) is 4.39. The van der Waals surface area contributed by atoms with Gasteiger partial charge < -0.3 is 5.32 Å². The van der Waals surface area contributed by atoms with E-state index in [1.807, 2.05) is 0 Å². The van der Waals surface area contributed by atoms with Crippen molar-refractivity contribution >= 4 is 0 Å². The quantitative estimate of drug-likeness (QED) is 0.829. The molecule has 3 unspecified atom stereocenters. The van der Waals surface area contributed by atoms with Crippen LogP contribution in [0.1, 0.15) is 55.8 Å². The summed E-state index contributed by atoms with van der Waals surface area (Å²) in [6.45, 7) is 10.1. The van der Waals surface area contributed by atoms with Gasteiger partial charge in [0.15, 0.2) is 0 Å². The van der Waals surface area contributed by atoms with Crippen molar-refractivity contribution in [2.45, 2.75) is 53.0 Å². The normalized spacial score (nSPS) is 25.3. The van der Waals surface area contributed by atoms with Crippen molar-refractivity contribution in [3.05, 3.63) is 34.9 Å². The zero-order valence-corrected chi connectivity index (χ0v) is 12.3. The molecule has 3 atom stereocenters. The molecule has 0 aliphatic heterocycles. The Bertz CT molecular complexity index is 397. The van der Waals surface area contributed by atoms with Crippen LogP contribution in [0.25, 0.3) is 0 Å². The maximum absolute atomic E-state index is 3.72. The van der Waals surface area contributed by atoms with Crippen molar-refractivity contribution in [1.29, 1.82) is 0 Å². The van der Waals surface area contributed by atoms with E-state index in [0.29, 0.717) is 6.04 Å². The minimum atomic E-state index is 0.556. The fourth-order valence-corrected chi connectivity index (χ4v) is 3.48. The van der Waals surface area contributed by atoms with Gasteiger partial charge in [0.1, 0.15) is 0 Å². The lowest BCUT2D eigenvalue weighted by Gasteiger charge is -2.27. The zero-order chi connectivity index (χ0) is 13.1. The Morgan fingerprint density at radius 3 is 2.61 bits per heavy atom. The lowest BCUT2D eigenvalue weighted by molar-refractivity contribution is 0.364. The Labute approximate surface area is 112 Å². The van der Waals surface area contributed by atoms with Gasteiger partial charge in [0.25, 0.3) is 0 Å². The van der Waals surface area contributed by atoms with Gasteiger partial charge in [-0.25, -0.2) is 0 Å². The molecule has 100 valence electrons. The minimum absolute atomic E-state index is 0.556. The van der Waals surface area contributed by atoms with Gasteiger partial charge in [-0.1, -0.05) is 44.0 Å². The van der Waals surface area contributed by atoms with Gasteiger partial charge in [0.2, 0.25) is 0 Å². The first kappa shape index (κ1) is 13.6. The Morgan fingerprint density at radius 1 is 1.28 bits per heavy atom. The van der Waals surface area contributed by atoms with E-state index in [4.69, 9.17) is 0 Å². The van der Waals surface area contributed by atoms with Gasteiger partial charge in [-0.15, -0.1) is 0 Å². The van der Waals surface area contributed by atoms with Crippen molar-refractivity contribution in [2.24, 2.45) is 11.8 Å². The third kappa shape index (κ3) is 2.95. The summed E-state index contributed by atoms with van der Waals surface area (Å²) in [5.74, 6) is 1.73. The fourth-order valence-electron chi connectivity index (χ4n) is 3.48. The molecule has 0 spiro atoms. The highest BCUT2D eigenvalue weighted by atomic mass is 14.9. The second-order valence-corrected chi connectivity index (χ2v) is 6.07. The topological polar surface area (TPSA) is 12.0 Å². The molecule has 0 saturated heterocycles. The Kier molecular flexibility index (Phi) is 4.45. The monoisotopic (exact) mass is 245 g/mol. The second kappa shape index (κ2) is 5.88. The summed E-state index contributed by atoms with van der Waals surface area (Å²) in [6.07, 6.45) is 4.16. The molecular weight excluding hydrogens is 218 g/mol. The van der Waals surface area contributed by atoms with Gasteiger partial charge in [0, 0.05) is 6.04 Å². The lowest BCUT2D eigenvalue weighted by Crippen LogP contribution is -2.27. The van der Waals surface area contributed by atoms with E-state index < -0.39 is 0 Å². The molecule has 2 rings (SSSR count). The highest BCUT2D eigenvalue weighted by molar-refractivity contribution is 5.33. The molecule has 1 aliphatic carbocycles. The highest BCUT2D eigenvalue weighted by Gasteiger charge is 2.29. The standard InChI is InChI=1S/C17H27N/c1-5-18-17(15-8-6-13(3)11-15)16-9-7-12(2)10-14(16)4/h7,9-10,13,15,17-18H,5-6,8,11H2,1-4H3. The predicted octanol–water partition coefficient (Wildman–Crippen LogP) is 4.39. The number of aryl methyl sites for hydroxylation is 2. The highest BCUT2D eigenvalue weighted by Crippen LogP contribution is 2.39. The maximum atomic E-state index is 3.72. The molecule has 18 heavy (non-hydrogen) atoms. The van der Waals surface area contributed by atoms with Crippen molar-refractivity contribution in [3.8, 4) is 0 Å². The van der Waals surface area contributed by atoms with E-state index >= 15 is 0 Å². The molecule has 1 fully saturated rings. The van der Waals surface area contributed by atoms with E-state index in [-0.39, 0.29) is 0 Å². The minimum Gasteiger partial charge on any atom is -0.310 e. The van der Waals surface area contributed by atoms with Crippen LogP contribution >= 0.6 is 0 Å². The third-order valence-corrected chi connectivity index (χ3v) is 4.39. The first-order valence-electron chi connectivity index (χ1n) is 7.42.